The maximum Gasteiger partial charge on any atom is 0.414 e. The number of imidazole rings is 1. The Hall–Kier alpha value is -2.76. The molecule has 0 unspecified atom stereocenters. The minimum Gasteiger partial charge on any atom is -0.465 e. The maximum absolute atomic E-state index is 11.1. The predicted molar refractivity (Wildman–Crippen MR) is 80.7 cm³/mol. The van der Waals surface area contributed by atoms with Crippen LogP contribution in [0.15, 0.2) is 42.7 Å². The molecule has 0 bridgehead atoms. The fourth-order valence-electron chi connectivity index (χ4n) is 2.33. The summed E-state index contributed by atoms with van der Waals surface area (Å²) in [4.78, 5) is 19.7. The number of hydrogen-bond acceptors (Lipinski definition) is 2. The van der Waals surface area contributed by atoms with Gasteiger partial charge in [-0.1, -0.05) is 6.07 Å². The Morgan fingerprint density at radius 2 is 2.14 bits per heavy atom. The van der Waals surface area contributed by atoms with Gasteiger partial charge in [0.15, 0.2) is 0 Å². The first kappa shape index (κ1) is 13.2. The van der Waals surface area contributed by atoms with Gasteiger partial charge in [0, 0.05) is 25.5 Å². The lowest BCUT2D eigenvalue weighted by molar-refractivity contribution is 0.202. The zero-order valence-electron chi connectivity index (χ0n) is 11.7. The number of nitrogens with one attached hydrogen (secondary N) is 1. The van der Waals surface area contributed by atoms with Gasteiger partial charge in [-0.25, -0.2) is 14.7 Å². The van der Waals surface area contributed by atoms with Gasteiger partial charge in [-0.2, -0.15) is 0 Å². The molecule has 0 saturated heterocycles. The number of benzene rings is 1. The van der Waals surface area contributed by atoms with Gasteiger partial charge in [0.25, 0.3) is 0 Å². The standard InChI is InChI=1S/C15H16N4O2/c1-2-19(15(20)21)14-16-12-6-5-11(9-13(12)17-14)10-18-7-3-4-8-18/h3-9H,2,10H2,1H3,(H,16,17)(H,20,21). The number of hydrogen-bond donors (Lipinski definition) is 2. The molecule has 0 saturated carbocycles. The molecule has 2 aromatic heterocycles. The Balaban J connectivity index is 1.93. The van der Waals surface area contributed by atoms with Gasteiger partial charge >= 0.3 is 6.09 Å². The molecule has 1 amide bonds. The van der Waals surface area contributed by atoms with Crippen LogP contribution in [0.2, 0.25) is 0 Å². The van der Waals surface area contributed by atoms with E-state index in [0.29, 0.717) is 12.5 Å². The largest absolute Gasteiger partial charge is 0.465 e. The van der Waals surface area contributed by atoms with Crippen LogP contribution in [-0.4, -0.2) is 32.3 Å². The van der Waals surface area contributed by atoms with E-state index >= 15 is 0 Å². The normalized spacial score (nSPS) is 10.9. The number of amides is 1. The topological polar surface area (TPSA) is 74.2 Å². The molecule has 3 aromatic rings. The van der Waals surface area contributed by atoms with Crippen LogP contribution in [0.25, 0.3) is 11.0 Å². The lowest BCUT2D eigenvalue weighted by atomic mass is 10.2. The number of H-pyrrole nitrogens is 1. The van der Waals surface area contributed by atoms with Crippen LogP contribution in [-0.2, 0) is 6.54 Å². The van der Waals surface area contributed by atoms with Gasteiger partial charge in [0.05, 0.1) is 11.0 Å². The first-order chi connectivity index (χ1) is 10.2. The predicted octanol–water partition coefficient (Wildman–Crippen LogP) is 2.92. The number of nitrogens with zero attached hydrogens (tertiary/aromatic N) is 3. The molecule has 0 aliphatic rings. The summed E-state index contributed by atoms with van der Waals surface area (Å²) in [5.74, 6) is 0.359. The van der Waals surface area contributed by atoms with Gasteiger partial charge in [-0.15, -0.1) is 0 Å². The molecule has 2 N–H and O–H groups in total. The van der Waals surface area contributed by atoms with Crippen molar-refractivity contribution >= 4 is 23.1 Å². The number of rotatable bonds is 4. The smallest absolute Gasteiger partial charge is 0.414 e. The lowest BCUT2D eigenvalue weighted by Gasteiger charge is -2.12. The van der Waals surface area contributed by atoms with Crippen molar-refractivity contribution in [2.45, 2.75) is 13.5 Å². The van der Waals surface area contributed by atoms with E-state index in [-0.39, 0.29) is 0 Å². The molecule has 3 rings (SSSR count). The third-order valence-electron chi connectivity index (χ3n) is 3.37. The van der Waals surface area contributed by atoms with Crippen molar-refractivity contribution in [3.8, 4) is 0 Å². The molecular weight excluding hydrogens is 268 g/mol. The second-order valence-electron chi connectivity index (χ2n) is 4.79. The summed E-state index contributed by atoms with van der Waals surface area (Å²) in [7, 11) is 0. The van der Waals surface area contributed by atoms with E-state index in [2.05, 4.69) is 14.5 Å². The van der Waals surface area contributed by atoms with E-state index in [1.54, 1.807) is 6.92 Å². The molecule has 1 aromatic carbocycles. The fraction of sp³-hybridized carbons (Fsp3) is 0.200. The van der Waals surface area contributed by atoms with Crippen molar-refractivity contribution < 1.29 is 9.90 Å². The van der Waals surface area contributed by atoms with Crippen molar-refractivity contribution in [3.63, 3.8) is 0 Å². The van der Waals surface area contributed by atoms with Crippen molar-refractivity contribution in [1.29, 1.82) is 0 Å². The van der Waals surface area contributed by atoms with Crippen LogP contribution < -0.4 is 4.90 Å². The number of fused-ring (bicyclic) bond motifs is 1. The minimum atomic E-state index is -1.01. The third-order valence-corrected chi connectivity index (χ3v) is 3.37. The van der Waals surface area contributed by atoms with Crippen molar-refractivity contribution in [2.24, 2.45) is 0 Å². The Bertz CT molecular complexity index is 761. The maximum atomic E-state index is 11.1. The first-order valence-electron chi connectivity index (χ1n) is 6.77. The number of aromatic nitrogens is 3. The Morgan fingerprint density at radius 1 is 1.38 bits per heavy atom. The van der Waals surface area contributed by atoms with Crippen molar-refractivity contribution in [3.05, 3.63) is 48.3 Å². The molecule has 0 aliphatic carbocycles. The van der Waals surface area contributed by atoms with E-state index in [9.17, 15) is 4.79 Å². The molecule has 2 heterocycles. The van der Waals surface area contributed by atoms with Crippen LogP contribution in [0, 0.1) is 0 Å². The number of anilines is 1. The average Bonchev–Trinajstić information content (AvgIpc) is 3.08. The molecule has 0 aliphatic heterocycles. The summed E-state index contributed by atoms with van der Waals surface area (Å²) in [5, 5.41) is 9.14. The highest BCUT2D eigenvalue weighted by Gasteiger charge is 2.16. The van der Waals surface area contributed by atoms with Crippen LogP contribution >= 0.6 is 0 Å². The van der Waals surface area contributed by atoms with Gasteiger partial charge in [0.1, 0.15) is 0 Å². The average molecular weight is 284 g/mol. The highest BCUT2D eigenvalue weighted by atomic mass is 16.4. The Kier molecular flexibility index (Phi) is 3.35. The number of aromatic amines is 1. The van der Waals surface area contributed by atoms with Crippen LogP contribution in [0.4, 0.5) is 10.7 Å². The van der Waals surface area contributed by atoms with Crippen LogP contribution in [0.5, 0.6) is 0 Å². The van der Waals surface area contributed by atoms with E-state index < -0.39 is 6.09 Å². The molecule has 0 fully saturated rings. The first-order valence-corrected chi connectivity index (χ1v) is 6.77. The summed E-state index contributed by atoms with van der Waals surface area (Å²) >= 11 is 0. The molecule has 108 valence electrons. The summed E-state index contributed by atoms with van der Waals surface area (Å²) in [6.45, 7) is 2.90. The van der Waals surface area contributed by atoms with Crippen LogP contribution in [0.1, 0.15) is 12.5 Å². The summed E-state index contributed by atoms with van der Waals surface area (Å²) in [6.07, 6.45) is 3.00. The van der Waals surface area contributed by atoms with Gasteiger partial charge in [-0.3, -0.25) is 0 Å². The molecular formula is C15H16N4O2. The summed E-state index contributed by atoms with van der Waals surface area (Å²) < 4.78 is 2.08. The molecule has 21 heavy (non-hydrogen) atoms. The molecule has 0 atom stereocenters. The molecule has 0 radical (unpaired) electrons. The minimum absolute atomic E-state index is 0.353. The van der Waals surface area contributed by atoms with Gasteiger partial charge < -0.3 is 14.7 Å². The van der Waals surface area contributed by atoms with Crippen molar-refractivity contribution in [1.82, 2.24) is 14.5 Å². The Morgan fingerprint density at radius 3 is 2.81 bits per heavy atom. The molecule has 0 spiro atoms. The van der Waals surface area contributed by atoms with E-state index in [4.69, 9.17) is 5.11 Å². The fourth-order valence-corrected chi connectivity index (χ4v) is 2.33. The van der Waals surface area contributed by atoms with Crippen LogP contribution in [0.3, 0.4) is 0 Å². The van der Waals surface area contributed by atoms with E-state index in [1.807, 2.05) is 42.7 Å². The second kappa shape index (κ2) is 5.32. The summed E-state index contributed by atoms with van der Waals surface area (Å²) in [5.41, 5.74) is 2.74. The third kappa shape index (κ3) is 2.60. The van der Waals surface area contributed by atoms with Gasteiger partial charge in [0.2, 0.25) is 5.95 Å². The molecule has 6 heteroatoms. The quantitative estimate of drug-likeness (QED) is 0.773. The number of carbonyl (C=O) groups is 1. The summed E-state index contributed by atoms with van der Waals surface area (Å²) in [6, 6.07) is 9.88. The monoisotopic (exact) mass is 284 g/mol. The highest BCUT2D eigenvalue weighted by molar-refractivity contribution is 5.87. The molecule has 6 nitrogen and oxygen atoms in total. The Labute approximate surface area is 121 Å². The van der Waals surface area contributed by atoms with E-state index in [0.717, 1.165) is 23.1 Å². The van der Waals surface area contributed by atoms with E-state index in [1.165, 1.54) is 4.90 Å². The number of carboxylic acid groups (broad SMARTS) is 1. The lowest BCUT2D eigenvalue weighted by Crippen LogP contribution is -2.29. The zero-order chi connectivity index (χ0) is 14.8. The zero-order valence-corrected chi connectivity index (χ0v) is 11.7. The van der Waals surface area contributed by atoms with Crippen molar-refractivity contribution in [2.75, 3.05) is 11.4 Å². The highest BCUT2D eigenvalue weighted by Crippen LogP contribution is 2.19. The SMILES string of the molecule is CCN(C(=O)O)c1nc2ccc(Cn3cccc3)cc2[nH]1. The second-order valence-corrected chi connectivity index (χ2v) is 4.79. The van der Waals surface area contributed by atoms with Gasteiger partial charge in [-0.05, 0) is 36.8 Å².